The van der Waals surface area contributed by atoms with Crippen LogP contribution in [0, 0.1) is 0 Å². The highest BCUT2D eigenvalue weighted by Gasteiger charge is 2.47. The van der Waals surface area contributed by atoms with Crippen LogP contribution >= 0.6 is 0 Å². The molecule has 1 aromatic heterocycles. The number of hydrogen-bond acceptors (Lipinski definition) is 13. The van der Waals surface area contributed by atoms with Crippen molar-refractivity contribution in [2.24, 2.45) is 0 Å². The maximum Gasteiger partial charge on any atom is 0.230 e. The van der Waals surface area contributed by atoms with Crippen LogP contribution in [0.1, 0.15) is 0 Å². The predicted octanol–water partition coefficient (Wildman–Crippen LogP) is -0.466. The number of phenolic OH excluding ortho intramolecular Hbond substituents is 2. The lowest BCUT2D eigenvalue weighted by Crippen LogP contribution is -2.61. The third-order valence-electron chi connectivity index (χ3n) is 5.24. The Bertz CT molecular complexity index is 1380. The smallest absolute Gasteiger partial charge is 0.230 e. The van der Waals surface area contributed by atoms with Gasteiger partial charge in [-0.2, -0.15) is 0 Å². The molecule has 1 fully saturated rings. The summed E-state index contributed by atoms with van der Waals surface area (Å²) in [5.41, 5.74) is -0.329. The molecule has 0 bridgehead atoms. The van der Waals surface area contributed by atoms with Gasteiger partial charge in [-0.1, -0.05) is 0 Å². The summed E-state index contributed by atoms with van der Waals surface area (Å²) in [6, 6.07) is 8.97. The molecule has 5 atom stereocenters. The fourth-order valence-corrected chi connectivity index (χ4v) is 4.08. The van der Waals surface area contributed by atoms with Gasteiger partial charge < -0.3 is 44.0 Å². The fraction of sp³-hybridized carbons (Fsp3) is 0.286. The van der Waals surface area contributed by atoms with Gasteiger partial charge in [0.25, 0.3) is 0 Å². The van der Waals surface area contributed by atoms with Gasteiger partial charge in [-0.3, -0.25) is 8.98 Å². The van der Waals surface area contributed by atoms with E-state index in [1.54, 1.807) is 0 Å². The van der Waals surface area contributed by atoms with E-state index in [2.05, 4.69) is 4.18 Å². The maximum absolute atomic E-state index is 12.6. The van der Waals surface area contributed by atoms with Crippen LogP contribution in [0.15, 0.2) is 51.7 Å². The number of hydrogen-bond donors (Lipinski definition) is 5. The molecule has 0 amide bonds. The topological polar surface area (TPSA) is 216 Å². The van der Waals surface area contributed by atoms with Crippen LogP contribution in [0.2, 0.25) is 0 Å². The second-order valence-electron chi connectivity index (χ2n) is 7.63. The molecule has 1 aliphatic rings. The summed E-state index contributed by atoms with van der Waals surface area (Å²) in [6.07, 6.45) is -9.15. The molecule has 3 aromatic rings. The minimum atomic E-state index is -5.39. The van der Waals surface area contributed by atoms with E-state index in [0.29, 0.717) is 5.56 Å². The summed E-state index contributed by atoms with van der Waals surface area (Å²) in [5, 5.41) is 49.2. The average molecular weight is 511 g/mol. The van der Waals surface area contributed by atoms with Crippen LogP contribution in [0.4, 0.5) is 0 Å². The van der Waals surface area contributed by atoms with E-state index in [9.17, 15) is 43.3 Å². The summed E-state index contributed by atoms with van der Waals surface area (Å²) in [7, 11) is -5.39. The molecule has 0 saturated carbocycles. The number of benzene rings is 2. The monoisotopic (exact) mass is 511 g/mol. The van der Waals surface area contributed by atoms with Crippen LogP contribution in [0.25, 0.3) is 22.3 Å². The predicted molar refractivity (Wildman–Crippen MR) is 114 cm³/mol. The summed E-state index contributed by atoms with van der Waals surface area (Å²) in [6.45, 7) is -0.803. The lowest BCUT2D eigenvalue weighted by atomic mass is 9.99. The van der Waals surface area contributed by atoms with E-state index in [0.717, 1.165) is 18.2 Å². The Morgan fingerprint density at radius 1 is 1.03 bits per heavy atom. The van der Waals surface area contributed by atoms with Gasteiger partial charge in [0, 0.05) is 23.8 Å². The number of ether oxygens (including phenoxy) is 2. The van der Waals surface area contributed by atoms with Crippen molar-refractivity contribution >= 4 is 21.4 Å². The Kier molecular flexibility index (Phi) is 6.70. The van der Waals surface area contributed by atoms with E-state index in [1.165, 1.54) is 24.3 Å². The first-order valence-corrected chi connectivity index (χ1v) is 11.3. The Labute approximate surface area is 196 Å². The van der Waals surface area contributed by atoms with Crippen molar-refractivity contribution < 1.29 is 56.6 Å². The van der Waals surface area contributed by atoms with Gasteiger partial charge in [0.1, 0.15) is 52.3 Å². The molecule has 4 rings (SSSR count). The van der Waals surface area contributed by atoms with Crippen molar-refractivity contribution in [3.63, 3.8) is 0 Å². The highest BCUT2D eigenvalue weighted by atomic mass is 32.3. The maximum atomic E-state index is 12.6. The molecule has 2 heterocycles. The van der Waals surface area contributed by atoms with Crippen LogP contribution in [0.3, 0.4) is 0 Å². The standard InChI is InChI=1S/C21H20O13S/c22-8-16-18(26)19(27)20(34-35(28,29)30)21(33-16)31-11-5-12(24)17-13(25)7-14(32-15(17)6-11)9-1-3-10(23)4-2-9/h1-7,16,18-24,26-27H,8H2,(H,28,29,30)/p-1/t16?,18-,19?,20?,21-/m1/s1. The fourth-order valence-electron chi connectivity index (χ4n) is 3.60. The summed E-state index contributed by atoms with van der Waals surface area (Å²) in [4.78, 5) is 12.6. The molecule has 1 saturated heterocycles. The Morgan fingerprint density at radius 3 is 2.34 bits per heavy atom. The summed E-state index contributed by atoms with van der Waals surface area (Å²) >= 11 is 0. The zero-order valence-corrected chi connectivity index (χ0v) is 18.4. The molecule has 0 spiro atoms. The Morgan fingerprint density at radius 2 is 1.71 bits per heavy atom. The quantitative estimate of drug-likeness (QED) is 0.209. The van der Waals surface area contributed by atoms with E-state index >= 15 is 0 Å². The van der Waals surface area contributed by atoms with Gasteiger partial charge in [0.2, 0.25) is 16.7 Å². The number of fused-ring (bicyclic) bond motifs is 1. The Balaban J connectivity index is 1.73. The highest BCUT2D eigenvalue weighted by molar-refractivity contribution is 7.80. The first-order chi connectivity index (χ1) is 16.5. The van der Waals surface area contributed by atoms with Crippen LogP contribution < -0.4 is 10.2 Å². The van der Waals surface area contributed by atoms with Crippen LogP contribution in [-0.2, 0) is 19.3 Å². The van der Waals surface area contributed by atoms with E-state index < -0.39 is 58.9 Å². The van der Waals surface area contributed by atoms with Gasteiger partial charge in [0.05, 0.1) is 6.61 Å². The molecule has 13 nitrogen and oxygen atoms in total. The third kappa shape index (κ3) is 5.23. The number of rotatable bonds is 6. The van der Waals surface area contributed by atoms with Gasteiger partial charge in [-0.15, -0.1) is 0 Å². The van der Waals surface area contributed by atoms with Crippen molar-refractivity contribution in [2.75, 3.05) is 6.61 Å². The molecule has 3 unspecified atom stereocenters. The van der Waals surface area contributed by atoms with E-state index in [1.807, 2.05) is 0 Å². The normalized spacial score (nSPS) is 25.0. The van der Waals surface area contributed by atoms with Gasteiger partial charge in [-0.25, -0.2) is 8.42 Å². The van der Waals surface area contributed by atoms with Crippen molar-refractivity contribution in [3.8, 4) is 28.6 Å². The molecule has 14 heteroatoms. The SMILES string of the molecule is O=c1cc(-c2ccc(O)cc2)oc2cc(O[C@@H]3OC(CO)[C@@H](O)C(O)C3OS(=O)(=O)[O-])cc(O)c12. The molecular weight excluding hydrogens is 492 g/mol. The van der Waals surface area contributed by atoms with Crippen LogP contribution in [-0.4, -0.2) is 75.8 Å². The van der Waals surface area contributed by atoms with Crippen molar-refractivity contribution in [3.05, 3.63) is 52.7 Å². The molecule has 35 heavy (non-hydrogen) atoms. The molecule has 5 N–H and O–H groups in total. The summed E-state index contributed by atoms with van der Waals surface area (Å²) in [5.74, 6) is -0.760. The number of aliphatic hydroxyl groups excluding tert-OH is 3. The van der Waals surface area contributed by atoms with Gasteiger partial charge >= 0.3 is 0 Å². The van der Waals surface area contributed by atoms with Crippen molar-refractivity contribution in [2.45, 2.75) is 30.7 Å². The third-order valence-corrected chi connectivity index (χ3v) is 5.70. The highest BCUT2D eigenvalue weighted by Crippen LogP contribution is 2.34. The molecule has 0 radical (unpaired) electrons. The molecule has 0 aliphatic carbocycles. The Hall–Kier alpha value is -3.24. The van der Waals surface area contributed by atoms with E-state index in [-0.39, 0.29) is 28.2 Å². The summed E-state index contributed by atoms with van der Waals surface area (Å²) < 4.78 is 54.1. The van der Waals surface area contributed by atoms with Crippen LogP contribution in [0.5, 0.6) is 17.2 Å². The van der Waals surface area contributed by atoms with Gasteiger partial charge in [-0.05, 0) is 24.3 Å². The number of aliphatic hydroxyl groups is 3. The zero-order chi connectivity index (χ0) is 25.5. The lowest BCUT2D eigenvalue weighted by molar-refractivity contribution is -0.271. The average Bonchev–Trinajstić information content (AvgIpc) is 2.78. The second-order valence-corrected chi connectivity index (χ2v) is 8.64. The number of phenols is 2. The lowest BCUT2D eigenvalue weighted by Gasteiger charge is -2.41. The molecule has 2 aromatic carbocycles. The van der Waals surface area contributed by atoms with Crippen molar-refractivity contribution in [1.29, 1.82) is 0 Å². The van der Waals surface area contributed by atoms with Crippen molar-refractivity contribution in [1.82, 2.24) is 0 Å². The number of aromatic hydroxyl groups is 2. The first-order valence-electron chi connectivity index (χ1n) is 10.0. The minimum absolute atomic E-state index is 0.0111. The minimum Gasteiger partial charge on any atom is -0.726 e. The largest absolute Gasteiger partial charge is 0.726 e. The second kappa shape index (κ2) is 9.43. The first kappa shape index (κ1) is 24.9. The molecule has 1 aliphatic heterocycles. The van der Waals surface area contributed by atoms with E-state index in [4.69, 9.17) is 13.9 Å². The molecule has 188 valence electrons. The van der Waals surface area contributed by atoms with Gasteiger partial charge in [0.15, 0.2) is 11.5 Å². The molecular formula is C21H19O13S-. The zero-order valence-electron chi connectivity index (χ0n) is 17.5.